The third kappa shape index (κ3) is 4.01. The van der Waals surface area contributed by atoms with Crippen LogP contribution in [0.1, 0.15) is 26.3 Å². The molecule has 0 aliphatic carbocycles. The maximum Gasteiger partial charge on any atom is 0.281 e. The molecule has 3 aromatic rings. The van der Waals surface area contributed by atoms with Crippen molar-refractivity contribution >= 4 is 40.6 Å². The highest BCUT2D eigenvalue weighted by molar-refractivity contribution is 8.00. The van der Waals surface area contributed by atoms with Gasteiger partial charge in [0.25, 0.3) is 11.8 Å². The lowest BCUT2D eigenvalue weighted by Crippen LogP contribution is -2.44. The first-order chi connectivity index (χ1) is 14.4. The molecule has 3 heterocycles. The SMILES string of the molecule is Cc1nc(-c2cnccn2)sc1C(=O)NN1C(=O)CSC1c1ccc(N(C)C)cc1. The Morgan fingerprint density at radius 2 is 2.00 bits per heavy atom. The topological polar surface area (TPSA) is 91.3 Å². The molecule has 154 valence electrons. The highest BCUT2D eigenvalue weighted by Crippen LogP contribution is 2.38. The van der Waals surface area contributed by atoms with Gasteiger partial charge in [-0.15, -0.1) is 23.1 Å². The van der Waals surface area contributed by atoms with Crippen LogP contribution in [0.2, 0.25) is 0 Å². The number of aryl methyl sites for hydroxylation is 1. The zero-order valence-corrected chi connectivity index (χ0v) is 18.3. The van der Waals surface area contributed by atoms with E-state index in [-0.39, 0.29) is 17.2 Å². The zero-order chi connectivity index (χ0) is 21.3. The van der Waals surface area contributed by atoms with Crippen molar-refractivity contribution in [1.29, 1.82) is 0 Å². The molecule has 1 N–H and O–H groups in total. The molecule has 1 unspecified atom stereocenters. The normalized spacial score (nSPS) is 16.0. The average molecular weight is 441 g/mol. The minimum atomic E-state index is -0.356. The number of hydrogen-bond acceptors (Lipinski definition) is 8. The van der Waals surface area contributed by atoms with Gasteiger partial charge in [-0.2, -0.15) is 0 Å². The van der Waals surface area contributed by atoms with Crippen molar-refractivity contribution in [2.24, 2.45) is 0 Å². The number of nitrogens with one attached hydrogen (secondary N) is 1. The first-order valence-electron chi connectivity index (χ1n) is 9.20. The minimum Gasteiger partial charge on any atom is -0.378 e. The summed E-state index contributed by atoms with van der Waals surface area (Å²) < 4.78 is 0. The van der Waals surface area contributed by atoms with Crippen LogP contribution in [0.15, 0.2) is 42.9 Å². The fourth-order valence-corrected chi connectivity index (χ4v) is 5.04. The number of benzene rings is 1. The van der Waals surface area contributed by atoms with Gasteiger partial charge < -0.3 is 4.90 Å². The first kappa shape index (κ1) is 20.3. The van der Waals surface area contributed by atoms with E-state index in [1.165, 1.54) is 28.1 Å². The average Bonchev–Trinajstić information content (AvgIpc) is 3.32. The lowest BCUT2D eigenvalue weighted by Gasteiger charge is -2.25. The maximum absolute atomic E-state index is 12.9. The van der Waals surface area contributed by atoms with E-state index in [0.717, 1.165) is 11.3 Å². The van der Waals surface area contributed by atoms with Crippen molar-refractivity contribution in [3.63, 3.8) is 0 Å². The molecule has 2 aromatic heterocycles. The van der Waals surface area contributed by atoms with Crippen molar-refractivity contribution < 1.29 is 9.59 Å². The van der Waals surface area contributed by atoms with Crippen molar-refractivity contribution in [2.75, 3.05) is 24.7 Å². The Hall–Kier alpha value is -2.98. The molecule has 0 radical (unpaired) electrons. The van der Waals surface area contributed by atoms with Crippen LogP contribution >= 0.6 is 23.1 Å². The molecule has 1 aliphatic rings. The zero-order valence-electron chi connectivity index (χ0n) is 16.7. The molecule has 1 saturated heterocycles. The summed E-state index contributed by atoms with van der Waals surface area (Å²) in [5.74, 6) is -0.176. The standard InChI is InChI=1S/C20H20N6O2S2/c1-12-17(30-19(23-12)15-10-21-8-9-22-15)18(28)24-26-16(27)11-29-20(26)13-4-6-14(7-5-13)25(2)3/h4-10,20H,11H2,1-3H3,(H,24,28). The third-order valence-corrected chi connectivity index (χ3v) is 6.96. The van der Waals surface area contributed by atoms with Gasteiger partial charge in [0.15, 0.2) is 0 Å². The predicted octanol–water partition coefficient (Wildman–Crippen LogP) is 2.89. The summed E-state index contributed by atoms with van der Waals surface area (Å²) in [7, 11) is 3.95. The van der Waals surface area contributed by atoms with E-state index in [1.807, 2.05) is 43.3 Å². The fourth-order valence-electron chi connectivity index (χ4n) is 3.01. The van der Waals surface area contributed by atoms with Crippen molar-refractivity contribution in [3.05, 3.63) is 59.0 Å². The number of nitrogens with zero attached hydrogens (tertiary/aromatic N) is 5. The highest BCUT2D eigenvalue weighted by Gasteiger charge is 2.35. The number of carbonyl (C=O) groups is 2. The van der Waals surface area contributed by atoms with Gasteiger partial charge in [0.1, 0.15) is 21.0 Å². The van der Waals surface area contributed by atoms with E-state index in [1.54, 1.807) is 25.5 Å². The van der Waals surface area contributed by atoms with Crippen LogP contribution in [0.5, 0.6) is 0 Å². The van der Waals surface area contributed by atoms with E-state index in [9.17, 15) is 9.59 Å². The number of rotatable bonds is 5. The third-order valence-electron chi connectivity index (χ3n) is 4.57. The summed E-state index contributed by atoms with van der Waals surface area (Å²) >= 11 is 2.72. The smallest absolute Gasteiger partial charge is 0.281 e. The van der Waals surface area contributed by atoms with Crippen LogP contribution in [-0.2, 0) is 4.79 Å². The minimum absolute atomic E-state index is 0.133. The van der Waals surface area contributed by atoms with Gasteiger partial charge in [-0.1, -0.05) is 12.1 Å². The van der Waals surface area contributed by atoms with Crippen LogP contribution in [0.3, 0.4) is 0 Å². The summed E-state index contributed by atoms with van der Waals surface area (Å²) in [4.78, 5) is 40.6. The van der Waals surface area contributed by atoms with Crippen molar-refractivity contribution in [1.82, 2.24) is 25.4 Å². The Morgan fingerprint density at radius 3 is 2.67 bits per heavy atom. The summed E-state index contributed by atoms with van der Waals surface area (Å²) in [5.41, 5.74) is 6.01. The highest BCUT2D eigenvalue weighted by atomic mass is 32.2. The van der Waals surface area contributed by atoms with Crippen molar-refractivity contribution in [3.8, 4) is 10.7 Å². The van der Waals surface area contributed by atoms with Crippen LogP contribution in [0.25, 0.3) is 10.7 Å². The lowest BCUT2D eigenvalue weighted by molar-refractivity contribution is -0.130. The molecule has 30 heavy (non-hydrogen) atoms. The van der Waals surface area contributed by atoms with Gasteiger partial charge in [0.2, 0.25) is 0 Å². The summed E-state index contributed by atoms with van der Waals surface area (Å²) in [6.07, 6.45) is 4.77. The van der Waals surface area contributed by atoms with Gasteiger partial charge >= 0.3 is 0 Å². The van der Waals surface area contributed by atoms with Gasteiger partial charge in [-0.05, 0) is 24.6 Å². The molecule has 10 heteroatoms. The first-order valence-corrected chi connectivity index (χ1v) is 11.1. The van der Waals surface area contributed by atoms with Gasteiger partial charge in [-0.25, -0.2) is 9.99 Å². The van der Waals surface area contributed by atoms with E-state index >= 15 is 0 Å². The Bertz CT molecular complexity index is 1070. The second-order valence-corrected chi connectivity index (χ2v) is 8.95. The molecular formula is C20H20N6O2S2. The number of anilines is 1. The molecule has 2 amide bonds. The Balaban J connectivity index is 1.54. The van der Waals surface area contributed by atoms with E-state index in [2.05, 4.69) is 20.4 Å². The monoisotopic (exact) mass is 440 g/mol. The quantitative estimate of drug-likeness (QED) is 0.652. The number of hydrazine groups is 1. The molecule has 1 aromatic carbocycles. The van der Waals surface area contributed by atoms with Gasteiger partial charge in [-0.3, -0.25) is 25.0 Å². The van der Waals surface area contributed by atoms with Crippen molar-refractivity contribution in [2.45, 2.75) is 12.3 Å². The number of hydrogen-bond donors (Lipinski definition) is 1. The predicted molar refractivity (Wildman–Crippen MR) is 118 cm³/mol. The molecular weight excluding hydrogens is 420 g/mol. The molecule has 1 atom stereocenters. The molecule has 1 aliphatic heterocycles. The number of aromatic nitrogens is 3. The summed E-state index contributed by atoms with van der Waals surface area (Å²) in [5, 5.41) is 1.76. The van der Waals surface area contributed by atoms with Crippen LogP contribution < -0.4 is 10.3 Å². The van der Waals surface area contributed by atoms with Gasteiger partial charge in [0.05, 0.1) is 17.6 Å². The van der Waals surface area contributed by atoms with E-state index in [4.69, 9.17) is 0 Å². The number of thioether (sulfide) groups is 1. The largest absolute Gasteiger partial charge is 0.378 e. The molecule has 8 nitrogen and oxygen atoms in total. The second-order valence-electron chi connectivity index (χ2n) is 6.88. The molecule has 0 bridgehead atoms. The van der Waals surface area contributed by atoms with Crippen LogP contribution in [0.4, 0.5) is 5.69 Å². The Labute approximate surface area is 182 Å². The number of carbonyl (C=O) groups excluding carboxylic acids is 2. The second kappa shape index (κ2) is 8.41. The van der Waals surface area contributed by atoms with E-state index in [0.29, 0.717) is 27.0 Å². The summed E-state index contributed by atoms with van der Waals surface area (Å²) in [6, 6.07) is 7.96. The molecule has 0 saturated carbocycles. The maximum atomic E-state index is 12.9. The molecule has 0 spiro atoms. The molecule has 4 rings (SSSR count). The molecule has 1 fully saturated rings. The van der Waals surface area contributed by atoms with Crippen LogP contribution in [-0.4, -0.2) is 51.6 Å². The van der Waals surface area contributed by atoms with Crippen LogP contribution in [0, 0.1) is 6.92 Å². The number of amides is 2. The summed E-state index contributed by atoms with van der Waals surface area (Å²) in [6.45, 7) is 1.77. The Kier molecular flexibility index (Phi) is 5.69. The fraction of sp³-hybridized carbons (Fsp3) is 0.250. The Morgan fingerprint density at radius 1 is 1.23 bits per heavy atom. The number of thiazole rings is 1. The lowest BCUT2D eigenvalue weighted by atomic mass is 10.2. The van der Waals surface area contributed by atoms with E-state index < -0.39 is 0 Å². The van der Waals surface area contributed by atoms with Gasteiger partial charge in [0, 0.05) is 32.2 Å².